The van der Waals surface area contributed by atoms with Crippen LogP contribution in [-0.4, -0.2) is 55.8 Å². The van der Waals surface area contributed by atoms with Crippen molar-refractivity contribution in [1.82, 2.24) is 24.6 Å². The van der Waals surface area contributed by atoms with E-state index in [1.807, 2.05) is 6.92 Å². The van der Waals surface area contributed by atoms with E-state index < -0.39 is 19.0 Å². The molecule has 0 radical (unpaired) electrons. The molecular weight excluding hydrogens is 497 g/mol. The lowest BCUT2D eigenvalue weighted by Gasteiger charge is -2.29. The normalized spacial score (nSPS) is 16.5. The van der Waals surface area contributed by atoms with Gasteiger partial charge in [0.05, 0.1) is 31.3 Å². The molecule has 0 bridgehead atoms. The maximum Gasteiger partial charge on any atom is 0.365 e. The number of oxime groups is 1. The lowest BCUT2D eigenvalue weighted by molar-refractivity contribution is -0.149. The van der Waals surface area contributed by atoms with E-state index in [0.717, 1.165) is 57.1 Å². The van der Waals surface area contributed by atoms with Crippen LogP contribution >= 0.6 is 7.52 Å². The summed E-state index contributed by atoms with van der Waals surface area (Å²) >= 11 is 0. The van der Waals surface area contributed by atoms with Crippen molar-refractivity contribution in [3.05, 3.63) is 12.7 Å². The zero-order valence-electron chi connectivity index (χ0n) is 22.3. The minimum absolute atomic E-state index is 0.290. The number of nitrogens with zero attached hydrogens (tertiary/aromatic N) is 5. The average molecular weight is 538 g/mol. The van der Waals surface area contributed by atoms with Crippen molar-refractivity contribution in [3.63, 3.8) is 0 Å². The minimum atomic E-state index is -3.73. The fourth-order valence-corrected chi connectivity index (χ4v) is 5.80. The lowest BCUT2D eigenvalue weighted by Crippen LogP contribution is -2.47. The number of carbonyl (C=O) groups excluding carboxylic acids is 1. The number of nitrogens with one attached hydrogen (secondary N) is 1. The molecule has 0 saturated heterocycles. The van der Waals surface area contributed by atoms with Crippen molar-refractivity contribution < 1.29 is 23.5 Å². The van der Waals surface area contributed by atoms with Crippen molar-refractivity contribution in [2.24, 2.45) is 5.16 Å². The fourth-order valence-electron chi connectivity index (χ4n) is 4.01. The van der Waals surface area contributed by atoms with Crippen LogP contribution in [0, 0.1) is 0 Å². The summed E-state index contributed by atoms with van der Waals surface area (Å²) in [5.41, 5.74) is 6.54. The summed E-state index contributed by atoms with van der Waals surface area (Å²) in [4.78, 5) is 25.2. The molecule has 2 aromatic rings. The van der Waals surface area contributed by atoms with E-state index >= 15 is 0 Å². The molecule has 3 N–H and O–H groups in total. The van der Waals surface area contributed by atoms with Crippen LogP contribution in [0.2, 0.25) is 0 Å². The van der Waals surface area contributed by atoms with Crippen LogP contribution in [-0.2, 0) is 30.0 Å². The van der Waals surface area contributed by atoms with E-state index in [2.05, 4.69) is 32.1 Å². The van der Waals surface area contributed by atoms with E-state index in [1.165, 1.54) is 6.33 Å². The number of anilines is 1. The van der Waals surface area contributed by atoms with Crippen molar-refractivity contribution in [2.45, 2.75) is 97.2 Å². The first-order valence-electron chi connectivity index (χ1n) is 13.0. The summed E-state index contributed by atoms with van der Waals surface area (Å²) in [5.74, 6) is -0.207. The number of aromatic nitrogens is 4. The number of fused-ring (bicyclic) bond motifs is 1. The predicted octanol–water partition coefficient (Wildman–Crippen LogP) is 4.40. The predicted molar refractivity (Wildman–Crippen MR) is 142 cm³/mol. The Balaban J connectivity index is 1.64. The summed E-state index contributed by atoms with van der Waals surface area (Å²) in [6.45, 7) is 7.88. The molecule has 2 atom stereocenters. The Labute approximate surface area is 218 Å². The van der Waals surface area contributed by atoms with Crippen molar-refractivity contribution >= 4 is 36.2 Å². The number of esters is 1. The number of imidazole rings is 1. The highest BCUT2D eigenvalue weighted by Gasteiger charge is 2.40. The molecule has 0 aromatic carbocycles. The van der Waals surface area contributed by atoms with E-state index in [-0.39, 0.29) is 12.5 Å². The third-order valence-electron chi connectivity index (χ3n) is 6.09. The van der Waals surface area contributed by atoms with Crippen LogP contribution in [0.15, 0.2) is 17.8 Å². The monoisotopic (exact) mass is 537 g/mol. The first-order chi connectivity index (χ1) is 17.6. The number of ether oxygens (including phenoxy) is 2. The number of nitrogens with two attached hydrogens (primary N) is 1. The Morgan fingerprint density at radius 3 is 2.73 bits per heavy atom. The number of nitrogen functional groups attached to an aromatic ring is 1. The molecule has 1 fully saturated rings. The average Bonchev–Trinajstić information content (AvgIpc) is 3.52. The molecule has 3 rings (SSSR count). The van der Waals surface area contributed by atoms with Gasteiger partial charge in [0.1, 0.15) is 23.7 Å². The first kappa shape index (κ1) is 29.0. The van der Waals surface area contributed by atoms with Gasteiger partial charge in [-0.2, -0.15) is 0 Å². The number of hydrogen-bond donors (Lipinski definition) is 2. The summed E-state index contributed by atoms with van der Waals surface area (Å²) in [7, 11) is -3.73. The van der Waals surface area contributed by atoms with Crippen LogP contribution in [0.25, 0.3) is 11.2 Å². The molecule has 2 aromatic heterocycles. The molecule has 0 unspecified atom stereocenters. The van der Waals surface area contributed by atoms with Gasteiger partial charge in [-0.15, -0.1) is 0 Å². The second-order valence-electron chi connectivity index (χ2n) is 9.99. The summed E-state index contributed by atoms with van der Waals surface area (Å²) in [6.07, 6.45) is 9.93. The van der Waals surface area contributed by atoms with E-state index in [1.54, 1.807) is 24.7 Å². The van der Waals surface area contributed by atoms with Crippen molar-refractivity contribution in [3.8, 4) is 0 Å². The molecule has 1 saturated carbocycles. The van der Waals surface area contributed by atoms with Gasteiger partial charge in [0, 0.05) is 0 Å². The van der Waals surface area contributed by atoms with Gasteiger partial charge in [0.15, 0.2) is 11.5 Å². The second kappa shape index (κ2) is 13.3. The Morgan fingerprint density at radius 2 is 2.00 bits per heavy atom. The van der Waals surface area contributed by atoms with Gasteiger partial charge in [-0.25, -0.2) is 20.0 Å². The topological polar surface area (TPSA) is 156 Å². The highest BCUT2D eigenvalue weighted by molar-refractivity contribution is 7.56. The number of hydrogen-bond acceptors (Lipinski definition) is 10. The number of unbranched alkanes of at least 4 members (excludes halogenated alkanes) is 3. The zero-order valence-corrected chi connectivity index (χ0v) is 23.2. The van der Waals surface area contributed by atoms with Gasteiger partial charge in [-0.05, 0) is 52.9 Å². The van der Waals surface area contributed by atoms with Gasteiger partial charge < -0.3 is 24.4 Å². The van der Waals surface area contributed by atoms with E-state index in [9.17, 15) is 9.36 Å². The lowest BCUT2D eigenvalue weighted by atomic mass is 10.1. The molecule has 2 heterocycles. The van der Waals surface area contributed by atoms with Crippen LogP contribution < -0.4 is 10.8 Å². The highest BCUT2D eigenvalue weighted by Crippen LogP contribution is 2.46. The maximum atomic E-state index is 13.8. The molecule has 1 aliphatic rings. The van der Waals surface area contributed by atoms with Crippen LogP contribution in [0.4, 0.5) is 5.82 Å². The molecule has 0 spiro atoms. The molecule has 0 amide bonds. The quantitative estimate of drug-likeness (QED) is 0.144. The molecule has 12 nitrogen and oxygen atoms in total. The SMILES string of the molecule is CCCCCCOC(=O)C(C)(C)N[P@@](=O)(CO[C@H](C)Cn1cnc2c(N)ncnc21)ON=C1CCCC1. The molecule has 206 valence electrons. The second-order valence-corrected chi connectivity index (χ2v) is 12.0. The number of carbonyl (C=O) groups is 1. The van der Waals surface area contributed by atoms with Gasteiger partial charge >= 0.3 is 13.5 Å². The van der Waals surface area contributed by atoms with E-state index in [0.29, 0.717) is 30.1 Å². The molecule has 13 heteroatoms. The third-order valence-corrected chi connectivity index (χ3v) is 7.82. The molecule has 37 heavy (non-hydrogen) atoms. The summed E-state index contributed by atoms with van der Waals surface area (Å²) in [5, 5.41) is 7.02. The number of rotatable bonds is 15. The van der Waals surface area contributed by atoms with Gasteiger partial charge in [-0.3, -0.25) is 9.36 Å². The van der Waals surface area contributed by atoms with E-state index in [4.69, 9.17) is 19.8 Å². The van der Waals surface area contributed by atoms with Gasteiger partial charge in [-0.1, -0.05) is 31.3 Å². The smallest absolute Gasteiger partial charge is 0.365 e. The minimum Gasteiger partial charge on any atom is -0.464 e. The first-order valence-corrected chi connectivity index (χ1v) is 14.8. The van der Waals surface area contributed by atoms with Crippen molar-refractivity contribution in [2.75, 3.05) is 18.7 Å². The summed E-state index contributed by atoms with van der Waals surface area (Å²) < 4.78 is 32.6. The fraction of sp³-hybridized carbons (Fsp3) is 0.708. The Bertz CT molecular complexity index is 1110. The maximum absolute atomic E-state index is 13.8. The van der Waals surface area contributed by atoms with Crippen LogP contribution in [0.3, 0.4) is 0 Å². The van der Waals surface area contributed by atoms with Gasteiger partial charge in [0.25, 0.3) is 0 Å². The third kappa shape index (κ3) is 8.48. The standard InChI is InChI=1S/C24H40N7O5P/c1-5-6-7-10-13-34-23(32)24(3,4)30-37(33,36-29-19-11-8-9-12-19)17-35-18(2)14-31-16-28-20-21(25)26-15-27-22(20)31/h15-16,18H,5-14,17H2,1-4H3,(H,30,33)(H2,25,26,27)/t18-,37-/m1/s1. The highest BCUT2D eigenvalue weighted by atomic mass is 31.2. The van der Waals surface area contributed by atoms with Crippen LogP contribution in [0.1, 0.15) is 79.1 Å². The molecular formula is C24H40N7O5P. The van der Waals surface area contributed by atoms with Gasteiger partial charge in [0.2, 0.25) is 0 Å². The Kier molecular flexibility index (Phi) is 10.4. The summed E-state index contributed by atoms with van der Waals surface area (Å²) in [6, 6.07) is 0. The largest absolute Gasteiger partial charge is 0.464 e. The molecule has 0 aliphatic heterocycles. The van der Waals surface area contributed by atoms with Crippen LogP contribution in [0.5, 0.6) is 0 Å². The Hall–Kier alpha value is -2.56. The Morgan fingerprint density at radius 1 is 1.24 bits per heavy atom. The van der Waals surface area contributed by atoms with Crippen molar-refractivity contribution in [1.29, 1.82) is 0 Å². The zero-order chi connectivity index (χ0) is 26.9. The molecule has 1 aliphatic carbocycles.